The van der Waals surface area contributed by atoms with E-state index < -0.39 is 0 Å². The van der Waals surface area contributed by atoms with Crippen LogP contribution in [0.15, 0.2) is 206 Å². The molecule has 270 valence electrons. The number of benzene rings is 8. The van der Waals surface area contributed by atoms with Crippen LogP contribution < -0.4 is 14.5 Å². The normalized spacial score (nSPS) is 10.5. The fourth-order valence-corrected chi connectivity index (χ4v) is 6.57. The molecule has 0 atom stereocenters. The van der Waals surface area contributed by atoms with Crippen LogP contribution in [0.2, 0.25) is 0 Å². The Kier molecular flexibility index (Phi) is 11.5. The van der Waals surface area contributed by atoms with Crippen molar-refractivity contribution in [2.45, 2.75) is 20.8 Å². The summed E-state index contributed by atoms with van der Waals surface area (Å²) in [6.45, 7) is 6.36. The summed E-state index contributed by atoms with van der Waals surface area (Å²) in [7, 11) is 1.69. The molecule has 3 heteroatoms. The van der Waals surface area contributed by atoms with Gasteiger partial charge in [-0.1, -0.05) is 138 Å². The molecule has 8 aromatic carbocycles. The van der Waals surface area contributed by atoms with Crippen LogP contribution in [0.3, 0.4) is 0 Å². The Bertz CT molecular complexity index is 2290. The summed E-state index contributed by atoms with van der Waals surface area (Å²) in [5.74, 6) is 0.870. The van der Waals surface area contributed by atoms with Crippen molar-refractivity contribution in [1.29, 1.82) is 0 Å². The second-order valence-corrected chi connectivity index (χ2v) is 13.7. The number of ether oxygens (including phenoxy) is 1. The van der Waals surface area contributed by atoms with Gasteiger partial charge in [-0.15, -0.1) is 0 Å². The number of rotatable bonds is 9. The molecule has 0 fully saturated rings. The molecule has 0 bridgehead atoms. The van der Waals surface area contributed by atoms with E-state index in [1.807, 2.05) is 24.3 Å². The summed E-state index contributed by atoms with van der Waals surface area (Å²) in [4.78, 5) is 4.57. The quantitative estimate of drug-likeness (QED) is 0.148. The van der Waals surface area contributed by atoms with Crippen molar-refractivity contribution in [1.82, 2.24) is 0 Å². The van der Waals surface area contributed by atoms with E-state index in [1.165, 1.54) is 38.9 Å². The van der Waals surface area contributed by atoms with E-state index in [-0.39, 0.29) is 0 Å². The van der Waals surface area contributed by atoms with E-state index >= 15 is 0 Å². The van der Waals surface area contributed by atoms with Crippen molar-refractivity contribution < 1.29 is 4.74 Å². The molecule has 0 amide bonds. The topological polar surface area (TPSA) is 15.7 Å². The number of aryl methyl sites for hydroxylation is 3. The molecule has 0 aliphatic heterocycles. The van der Waals surface area contributed by atoms with Gasteiger partial charge < -0.3 is 14.5 Å². The predicted molar refractivity (Wildman–Crippen MR) is 234 cm³/mol. The van der Waals surface area contributed by atoms with Gasteiger partial charge in [0, 0.05) is 34.1 Å². The molecule has 0 aromatic heterocycles. The van der Waals surface area contributed by atoms with Crippen molar-refractivity contribution in [3.05, 3.63) is 223 Å². The second kappa shape index (κ2) is 17.3. The molecule has 0 heterocycles. The number of methoxy groups -OCH3 is 1. The molecular formula is C52H46N2O. The second-order valence-electron chi connectivity index (χ2n) is 13.7. The SMILES string of the molecule is COc1ccc(-c2ccc(N(c3ccccc3)c3ccccc3)cc2)cc1.Cc1ccc(-c2ccc(N(c3ccc(C)cc3)c3ccc(C)cc3)cc2)cc1. The van der Waals surface area contributed by atoms with Crippen LogP contribution >= 0.6 is 0 Å². The molecular weight excluding hydrogens is 669 g/mol. The van der Waals surface area contributed by atoms with E-state index in [0.717, 1.165) is 39.9 Å². The summed E-state index contributed by atoms with van der Waals surface area (Å²) in [5, 5.41) is 0. The molecule has 0 N–H and O–H groups in total. The van der Waals surface area contributed by atoms with Gasteiger partial charge >= 0.3 is 0 Å². The van der Waals surface area contributed by atoms with Crippen LogP contribution in [0.5, 0.6) is 5.75 Å². The first-order chi connectivity index (χ1) is 26.9. The summed E-state index contributed by atoms with van der Waals surface area (Å²) >= 11 is 0. The first kappa shape index (κ1) is 36.5. The highest BCUT2D eigenvalue weighted by Gasteiger charge is 2.14. The Labute approximate surface area is 326 Å². The van der Waals surface area contributed by atoms with E-state index in [2.05, 4.69) is 213 Å². The average Bonchev–Trinajstić information content (AvgIpc) is 3.24. The predicted octanol–water partition coefficient (Wildman–Crippen LogP) is 14.6. The van der Waals surface area contributed by atoms with E-state index in [0.29, 0.717) is 0 Å². The molecule has 3 nitrogen and oxygen atoms in total. The molecule has 0 unspecified atom stereocenters. The molecule has 0 radical (unpaired) electrons. The smallest absolute Gasteiger partial charge is 0.118 e. The summed E-state index contributed by atoms with van der Waals surface area (Å²) < 4.78 is 5.25. The largest absolute Gasteiger partial charge is 0.497 e. The molecule has 55 heavy (non-hydrogen) atoms. The maximum Gasteiger partial charge on any atom is 0.118 e. The third-order valence-corrected chi connectivity index (χ3v) is 9.67. The monoisotopic (exact) mass is 714 g/mol. The average molecular weight is 715 g/mol. The lowest BCUT2D eigenvalue weighted by molar-refractivity contribution is 0.415. The molecule has 0 spiro atoms. The van der Waals surface area contributed by atoms with Crippen molar-refractivity contribution in [2.24, 2.45) is 0 Å². The Morgan fingerprint density at radius 2 is 0.509 bits per heavy atom. The molecule has 0 saturated carbocycles. The Morgan fingerprint density at radius 3 is 0.818 bits per heavy atom. The Morgan fingerprint density at radius 1 is 0.273 bits per heavy atom. The number of nitrogens with zero attached hydrogens (tertiary/aromatic N) is 2. The van der Waals surface area contributed by atoms with Crippen LogP contribution in [-0.2, 0) is 0 Å². The first-order valence-corrected chi connectivity index (χ1v) is 18.7. The highest BCUT2D eigenvalue weighted by molar-refractivity contribution is 5.80. The minimum Gasteiger partial charge on any atom is -0.497 e. The zero-order chi connectivity index (χ0) is 38.0. The number of hydrogen-bond acceptors (Lipinski definition) is 3. The summed E-state index contributed by atoms with van der Waals surface area (Å²) in [6, 6.07) is 72.6. The van der Waals surface area contributed by atoms with Gasteiger partial charge in [0.15, 0.2) is 0 Å². The first-order valence-electron chi connectivity index (χ1n) is 18.7. The third-order valence-electron chi connectivity index (χ3n) is 9.67. The Balaban J connectivity index is 0.000000169. The maximum absolute atomic E-state index is 5.25. The molecule has 0 saturated heterocycles. The van der Waals surface area contributed by atoms with Crippen molar-refractivity contribution in [3.8, 4) is 28.0 Å². The van der Waals surface area contributed by atoms with Crippen LogP contribution in [0.25, 0.3) is 22.3 Å². The highest BCUT2D eigenvalue weighted by Crippen LogP contribution is 2.37. The minimum absolute atomic E-state index is 0.870. The van der Waals surface area contributed by atoms with Gasteiger partial charge in [0.25, 0.3) is 0 Å². The molecule has 8 rings (SSSR count). The fraction of sp³-hybridized carbons (Fsp3) is 0.0769. The van der Waals surface area contributed by atoms with Gasteiger partial charge in [-0.2, -0.15) is 0 Å². The lowest BCUT2D eigenvalue weighted by Crippen LogP contribution is -2.09. The zero-order valence-electron chi connectivity index (χ0n) is 31.9. The highest BCUT2D eigenvalue weighted by atomic mass is 16.5. The number of para-hydroxylation sites is 2. The van der Waals surface area contributed by atoms with Crippen molar-refractivity contribution in [2.75, 3.05) is 16.9 Å². The lowest BCUT2D eigenvalue weighted by atomic mass is 10.0. The van der Waals surface area contributed by atoms with Crippen molar-refractivity contribution >= 4 is 34.1 Å². The molecule has 0 aliphatic rings. The number of anilines is 6. The summed E-state index contributed by atoms with van der Waals surface area (Å²) in [5.41, 5.74) is 15.5. The van der Waals surface area contributed by atoms with E-state index in [1.54, 1.807) is 7.11 Å². The van der Waals surface area contributed by atoms with Gasteiger partial charge in [-0.05, 0) is 128 Å². The fourth-order valence-electron chi connectivity index (χ4n) is 6.57. The zero-order valence-corrected chi connectivity index (χ0v) is 31.9. The van der Waals surface area contributed by atoms with Gasteiger partial charge in [0.05, 0.1) is 7.11 Å². The van der Waals surface area contributed by atoms with Gasteiger partial charge in [0.2, 0.25) is 0 Å². The Hall–Kier alpha value is -6.84. The lowest BCUT2D eigenvalue weighted by Gasteiger charge is -2.26. The van der Waals surface area contributed by atoms with Gasteiger partial charge in [-0.25, -0.2) is 0 Å². The molecule has 0 aliphatic carbocycles. The minimum atomic E-state index is 0.870. The maximum atomic E-state index is 5.25. The van der Waals surface area contributed by atoms with Gasteiger partial charge in [-0.3, -0.25) is 0 Å². The van der Waals surface area contributed by atoms with Gasteiger partial charge in [0.1, 0.15) is 5.75 Å². The van der Waals surface area contributed by atoms with Crippen molar-refractivity contribution in [3.63, 3.8) is 0 Å². The van der Waals surface area contributed by atoms with Crippen LogP contribution in [0.1, 0.15) is 16.7 Å². The van der Waals surface area contributed by atoms with E-state index in [4.69, 9.17) is 4.74 Å². The van der Waals surface area contributed by atoms with Crippen LogP contribution in [0.4, 0.5) is 34.1 Å². The third kappa shape index (κ3) is 9.04. The van der Waals surface area contributed by atoms with E-state index in [9.17, 15) is 0 Å². The van der Waals surface area contributed by atoms with Crippen LogP contribution in [0, 0.1) is 20.8 Å². The standard InChI is InChI=1S/C27H25N.C25H21NO/c1-20-4-10-23(11-5-20)24-12-18-27(19-13-24)28(25-14-6-21(2)7-15-25)26-16-8-22(3)9-17-26;1-27-25-18-14-21(15-19-25)20-12-16-24(17-13-20)26(22-8-4-2-5-9-22)23-10-6-3-7-11-23/h4-19H,1-3H3;2-19H,1H3. The number of hydrogen-bond donors (Lipinski definition) is 0. The van der Waals surface area contributed by atoms with Crippen LogP contribution in [-0.4, -0.2) is 7.11 Å². The molecule has 8 aromatic rings. The summed E-state index contributed by atoms with van der Waals surface area (Å²) in [6.07, 6.45) is 0.